The molecule has 2 aromatic rings. The third-order valence-corrected chi connectivity index (χ3v) is 3.99. The molecule has 0 aliphatic carbocycles. The molecule has 2 heteroatoms. The molecule has 1 atom stereocenters. The largest absolute Gasteiger partial charge is 0.497 e. The van der Waals surface area contributed by atoms with Gasteiger partial charge in [-0.15, -0.1) is 0 Å². The minimum Gasteiger partial charge on any atom is -0.497 e. The van der Waals surface area contributed by atoms with Crippen molar-refractivity contribution in [1.82, 2.24) is 5.32 Å². The summed E-state index contributed by atoms with van der Waals surface area (Å²) in [6, 6.07) is 15.3. The molecule has 0 aliphatic rings. The monoisotopic (exact) mass is 283 g/mol. The zero-order valence-electron chi connectivity index (χ0n) is 13.4. The molecule has 2 nitrogen and oxygen atoms in total. The first-order valence-electron chi connectivity index (χ1n) is 7.58. The van der Waals surface area contributed by atoms with Crippen molar-refractivity contribution < 1.29 is 4.74 Å². The summed E-state index contributed by atoms with van der Waals surface area (Å²) in [7, 11) is 1.71. The van der Waals surface area contributed by atoms with Crippen LogP contribution in [0.2, 0.25) is 0 Å². The van der Waals surface area contributed by atoms with Crippen molar-refractivity contribution in [3.8, 4) is 5.75 Å². The molecule has 1 N–H and O–H groups in total. The van der Waals surface area contributed by atoms with E-state index >= 15 is 0 Å². The van der Waals surface area contributed by atoms with Gasteiger partial charge in [0, 0.05) is 6.04 Å². The average Bonchev–Trinajstić information content (AvgIpc) is 2.49. The number of nitrogens with one attached hydrogen (secondary N) is 1. The minimum absolute atomic E-state index is 0.335. The van der Waals surface area contributed by atoms with Gasteiger partial charge in [0.2, 0.25) is 0 Å². The van der Waals surface area contributed by atoms with Gasteiger partial charge in [0.25, 0.3) is 0 Å². The second-order valence-electron chi connectivity index (χ2n) is 5.46. The highest BCUT2D eigenvalue weighted by Gasteiger charge is 2.15. The van der Waals surface area contributed by atoms with Crippen LogP contribution < -0.4 is 10.1 Å². The Morgan fingerprint density at radius 1 is 1.05 bits per heavy atom. The molecule has 2 rings (SSSR count). The molecule has 1 unspecified atom stereocenters. The standard InChI is InChI=1S/C19H25NO/c1-5-20-19(13-16-9-7-6-8-14(16)2)18-11-10-17(21-4)12-15(18)3/h6-12,19-20H,5,13H2,1-4H3. The molecule has 21 heavy (non-hydrogen) atoms. The second kappa shape index (κ2) is 7.28. The Hall–Kier alpha value is -1.80. The van der Waals surface area contributed by atoms with Crippen LogP contribution in [0.25, 0.3) is 0 Å². The van der Waals surface area contributed by atoms with E-state index in [1.165, 1.54) is 22.3 Å². The first-order chi connectivity index (χ1) is 10.2. The molecule has 112 valence electrons. The Morgan fingerprint density at radius 2 is 1.81 bits per heavy atom. The van der Waals surface area contributed by atoms with Crippen molar-refractivity contribution in [2.24, 2.45) is 0 Å². The Bertz CT molecular complexity index is 592. The summed E-state index contributed by atoms with van der Waals surface area (Å²) in [5.74, 6) is 0.919. The fraction of sp³-hybridized carbons (Fsp3) is 0.368. The molecule has 0 bridgehead atoms. The van der Waals surface area contributed by atoms with Crippen LogP contribution in [-0.4, -0.2) is 13.7 Å². The summed E-state index contributed by atoms with van der Waals surface area (Å²) in [6.45, 7) is 7.45. The molecule has 0 saturated heterocycles. The summed E-state index contributed by atoms with van der Waals surface area (Å²) in [4.78, 5) is 0. The topological polar surface area (TPSA) is 21.3 Å². The van der Waals surface area contributed by atoms with E-state index in [1.807, 2.05) is 6.07 Å². The first-order valence-corrected chi connectivity index (χ1v) is 7.58. The van der Waals surface area contributed by atoms with E-state index in [0.717, 1.165) is 18.7 Å². The van der Waals surface area contributed by atoms with Gasteiger partial charge in [0.05, 0.1) is 7.11 Å². The molecule has 0 aromatic heterocycles. The summed E-state index contributed by atoms with van der Waals surface area (Å²) < 4.78 is 5.31. The molecule has 2 aromatic carbocycles. The highest BCUT2D eigenvalue weighted by Crippen LogP contribution is 2.26. The SMILES string of the molecule is CCNC(Cc1ccccc1C)c1ccc(OC)cc1C. The third-order valence-electron chi connectivity index (χ3n) is 3.99. The number of ether oxygens (including phenoxy) is 1. The maximum absolute atomic E-state index is 5.31. The zero-order valence-corrected chi connectivity index (χ0v) is 13.4. The number of methoxy groups -OCH3 is 1. The minimum atomic E-state index is 0.335. The van der Waals surface area contributed by atoms with E-state index in [1.54, 1.807) is 7.11 Å². The van der Waals surface area contributed by atoms with Gasteiger partial charge in [-0.2, -0.15) is 0 Å². The van der Waals surface area contributed by atoms with E-state index in [9.17, 15) is 0 Å². The fourth-order valence-electron chi connectivity index (χ4n) is 2.76. The van der Waals surface area contributed by atoms with Gasteiger partial charge in [0.1, 0.15) is 5.75 Å². The smallest absolute Gasteiger partial charge is 0.119 e. The second-order valence-corrected chi connectivity index (χ2v) is 5.46. The summed E-state index contributed by atoms with van der Waals surface area (Å²) in [5, 5.41) is 3.61. The van der Waals surface area contributed by atoms with Crippen LogP contribution in [0.4, 0.5) is 0 Å². The van der Waals surface area contributed by atoms with Gasteiger partial charge in [-0.1, -0.05) is 37.3 Å². The molecule has 0 radical (unpaired) electrons. The molecular weight excluding hydrogens is 258 g/mol. The lowest BCUT2D eigenvalue weighted by atomic mass is 9.93. The predicted octanol–water partition coefficient (Wildman–Crippen LogP) is 4.21. The molecule has 0 saturated carbocycles. The van der Waals surface area contributed by atoms with Crippen molar-refractivity contribution in [2.75, 3.05) is 13.7 Å². The Labute approximate surface area is 128 Å². The van der Waals surface area contributed by atoms with Crippen molar-refractivity contribution in [3.05, 3.63) is 64.7 Å². The number of rotatable bonds is 6. The summed E-state index contributed by atoms with van der Waals surface area (Å²) >= 11 is 0. The molecule has 0 amide bonds. The Morgan fingerprint density at radius 3 is 2.43 bits per heavy atom. The Kier molecular flexibility index (Phi) is 5.40. The molecule has 0 fully saturated rings. The van der Waals surface area contributed by atoms with Crippen LogP contribution in [0.3, 0.4) is 0 Å². The van der Waals surface area contributed by atoms with Crippen LogP contribution in [0.1, 0.15) is 35.2 Å². The number of likely N-dealkylation sites (N-methyl/N-ethyl adjacent to an activating group) is 1. The third kappa shape index (κ3) is 3.85. The number of benzene rings is 2. The van der Waals surface area contributed by atoms with Gasteiger partial charge in [-0.05, 0) is 61.2 Å². The van der Waals surface area contributed by atoms with Gasteiger partial charge in [-0.3, -0.25) is 0 Å². The molecule has 0 spiro atoms. The van der Waals surface area contributed by atoms with E-state index in [-0.39, 0.29) is 0 Å². The highest BCUT2D eigenvalue weighted by atomic mass is 16.5. The van der Waals surface area contributed by atoms with E-state index < -0.39 is 0 Å². The van der Waals surface area contributed by atoms with Crippen LogP contribution in [0, 0.1) is 13.8 Å². The average molecular weight is 283 g/mol. The lowest BCUT2D eigenvalue weighted by Crippen LogP contribution is -2.24. The molecule has 0 heterocycles. The van der Waals surface area contributed by atoms with Crippen LogP contribution in [-0.2, 0) is 6.42 Å². The van der Waals surface area contributed by atoms with Crippen LogP contribution in [0.5, 0.6) is 5.75 Å². The van der Waals surface area contributed by atoms with E-state index in [2.05, 4.69) is 62.5 Å². The van der Waals surface area contributed by atoms with Crippen molar-refractivity contribution >= 4 is 0 Å². The quantitative estimate of drug-likeness (QED) is 0.857. The maximum atomic E-state index is 5.31. The highest BCUT2D eigenvalue weighted by molar-refractivity contribution is 5.38. The van der Waals surface area contributed by atoms with Crippen molar-refractivity contribution in [1.29, 1.82) is 0 Å². The molecular formula is C19H25NO. The van der Waals surface area contributed by atoms with Gasteiger partial charge < -0.3 is 10.1 Å². The van der Waals surface area contributed by atoms with Crippen LogP contribution in [0.15, 0.2) is 42.5 Å². The summed E-state index contributed by atoms with van der Waals surface area (Å²) in [6.07, 6.45) is 1.01. The maximum Gasteiger partial charge on any atom is 0.119 e. The molecule has 0 aliphatic heterocycles. The Balaban J connectivity index is 2.29. The number of aryl methyl sites for hydroxylation is 2. The van der Waals surface area contributed by atoms with Gasteiger partial charge in [-0.25, -0.2) is 0 Å². The fourth-order valence-corrected chi connectivity index (χ4v) is 2.76. The number of hydrogen-bond donors (Lipinski definition) is 1. The van der Waals surface area contributed by atoms with Crippen molar-refractivity contribution in [2.45, 2.75) is 33.2 Å². The van der Waals surface area contributed by atoms with Gasteiger partial charge in [0.15, 0.2) is 0 Å². The van der Waals surface area contributed by atoms with Crippen molar-refractivity contribution in [3.63, 3.8) is 0 Å². The van der Waals surface area contributed by atoms with Gasteiger partial charge >= 0.3 is 0 Å². The van der Waals surface area contributed by atoms with Crippen LogP contribution >= 0.6 is 0 Å². The first kappa shape index (κ1) is 15.6. The van der Waals surface area contributed by atoms with E-state index in [4.69, 9.17) is 4.74 Å². The lowest BCUT2D eigenvalue weighted by molar-refractivity contribution is 0.414. The number of hydrogen-bond acceptors (Lipinski definition) is 2. The summed E-state index contributed by atoms with van der Waals surface area (Å²) in [5.41, 5.74) is 5.38. The zero-order chi connectivity index (χ0) is 15.2. The normalized spacial score (nSPS) is 12.2. The lowest BCUT2D eigenvalue weighted by Gasteiger charge is -2.22. The predicted molar refractivity (Wildman–Crippen MR) is 89.0 cm³/mol. The van der Waals surface area contributed by atoms with E-state index in [0.29, 0.717) is 6.04 Å².